The fraction of sp³-hybridized carbons (Fsp3) is 0.667. The summed E-state index contributed by atoms with van der Waals surface area (Å²) in [5.74, 6) is 2.92. The standard InChI is InChI=1S/C18H24N4O3/c1-11(2)16-19-17(25-21-16)18-6-4-5-13(18)9-22(10-18)15(23)8-14-7-12(3)24-20-14/h7,11,13H,4-6,8-10H2,1-3H3/t13-,18-/m1/s1. The number of carbonyl (C=O) groups excluding carboxylic acids is 1. The molecule has 134 valence electrons. The van der Waals surface area contributed by atoms with E-state index in [-0.39, 0.29) is 23.7 Å². The Labute approximate surface area is 146 Å². The number of likely N-dealkylation sites (tertiary alicyclic amines) is 1. The molecule has 2 aromatic rings. The smallest absolute Gasteiger partial charge is 0.235 e. The second-order valence-electron chi connectivity index (χ2n) is 7.74. The molecule has 7 heteroatoms. The molecule has 2 atom stereocenters. The van der Waals surface area contributed by atoms with Crippen molar-refractivity contribution in [3.8, 4) is 0 Å². The van der Waals surface area contributed by atoms with Crippen molar-refractivity contribution in [3.05, 3.63) is 29.2 Å². The zero-order valence-electron chi connectivity index (χ0n) is 15.0. The molecule has 0 aromatic carbocycles. The molecule has 4 rings (SSSR count). The summed E-state index contributed by atoms with van der Waals surface area (Å²) in [4.78, 5) is 19.3. The van der Waals surface area contributed by atoms with Gasteiger partial charge in [0.15, 0.2) is 5.82 Å². The van der Waals surface area contributed by atoms with Crippen molar-refractivity contribution in [1.82, 2.24) is 20.2 Å². The summed E-state index contributed by atoms with van der Waals surface area (Å²) in [6, 6.07) is 1.82. The SMILES string of the molecule is Cc1cc(CC(=O)N2C[C@H]3CCC[C@@]3(c3nc(C(C)C)no3)C2)no1. The topological polar surface area (TPSA) is 85.3 Å². The van der Waals surface area contributed by atoms with E-state index >= 15 is 0 Å². The Morgan fingerprint density at radius 3 is 2.92 bits per heavy atom. The van der Waals surface area contributed by atoms with E-state index in [1.54, 1.807) is 0 Å². The average molecular weight is 344 g/mol. The fourth-order valence-corrected chi connectivity index (χ4v) is 4.27. The first-order valence-electron chi connectivity index (χ1n) is 9.02. The summed E-state index contributed by atoms with van der Waals surface area (Å²) in [6.45, 7) is 7.37. The van der Waals surface area contributed by atoms with Crippen LogP contribution in [0, 0.1) is 12.8 Å². The number of aromatic nitrogens is 3. The highest BCUT2D eigenvalue weighted by atomic mass is 16.5. The van der Waals surface area contributed by atoms with Gasteiger partial charge in [0, 0.05) is 25.1 Å². The van der Waals surface area contributed by atoms with Gasteiger partial charge >= 0.3 is 0 Å². The molecule has 3 heterocycles. The van der Waals surface area contributed by atoms with E-state index < -0.39 is 0 Å². The Morgan fingerprint density at radius 1 is 1.40 bits per heavy atom. The van der Waals surface area contributed by atoms with Crippen LogP contribution in [0.2, 0.25) is 0 Å². The van der Waals surface area contributed by atoms with Gasteiger partial charge in [-0.25, -0.2) is 0 Å². The minimum Gasteiger partial charge on any atom is -0.361 e. The predicted molar refractivity (Wildman–Crippen MR) is 88.9 cm³/mol. The fourth-order valence-electron chi connectivity index (χ4n) is 4.27. The number of rotatable bonds is 4. The highest BCUT2D eigenvalue weighted by Crippen LogP contribution is 2.50. The van der Waals surface area contributed by atoms with Crippen molar-refractivity contribution in [2.45, 2.75) is 57.8 Å². The molecule has 1 amide bonds. The van der Waals surface area contributed by atoms with Crippen LogP contribution in [-0.4, -0.2) is 39.2 Å². The van der Waals surface area contributed by atoms with Crippen molar-refractivity contribution in [2.75, 3.05) is 13.1 Å². The Balaban J connectivity index is 1.53. The summed E-state index contributed by atoms with van der Waals surface area (Å²) < 4.78 is 10.7. The Bertz CT molecular complexity index is 781. The largest absolute Gasteiger partial charge is 0.361 e. The molecule has 1 aliphatic carbocycles. The summed E-state index contributed by atoms with van der Waals surface area (Å²) in [5, 5.41) is 8.08. The average Bonchev–Trinajstić information content (AvgIpc) is 3.28. The van der Waals surface area contributed by atoms with Crippen molar-refractivity contribution < 1.29 is 13.8 Å². The number of hydrogen-bond acceptors (Lipinski definition) is 6. The van der Waals surface area contributed by atoms with E-state index in [1.165, 1.54) is 0 Å². The molecule has 2 aliphatic rings. The third-order valence-corrected chi connectivity index (χ3v) is 5.62. The maximum Gasteiger partial charge on any atom is 0.235 e. The number of aryl methyl sites for hydroxylation is 1. The van der Waals surface area contributed by atoms with Crippen molar-refractivity contribution >= 4 is 5.91 Å². The number of nitrogens with zero attached hydrogens (tertiary/aromatic N) is 4. The second kappa shape index (κ2) is 5.97. The third kappa shape index (κ3) is 2.75. The second-order valence-corrected chi connectivity index (χ2v) is 7.74. The molecule has 0 unspecified atom stereocenters. The van der Waals surface area contributed by atoms with Crippen LogP contribution in [0.15, 0.2) is 15.1 Å². The van der Waals surface area contributed by atoms with Gasteiger partial charge in [-0.1, -0.05) is 30.6 Å². The molecule has 2 aromatic heterocycles. The highest BCUT2D eigenvalue weighted by Gasteiger charge is 2.55. The molecule has 1 saturated heterocycles. The first-order chi connectivity index (χ1) is 12.0. The van der Waals surface area contributed by atoms with Gasteiger partial charge in [-0.05, 0) is 25.7 Å². The van der Waals surface area contributed by atoms with E-state index in [9.17, 15) is 4.79 Å². The van der Waals surface area contributed by atoms with Crippen LogP contribution < -0.4 is 0 Å². The monoisotopic (exact) mass is 344 g/mol. The molecule has 7 nitrogen and oxygen atoms in total. The van der Waals surface area contributed by atoms with Gasteiger partial charge in [-0.2, -0.15) is 4.98 Å². The van der Waals surface area contributed by atoms with E-state index in [2.05, 4.69) is 29.1 Å². The van der Waals surface area contributed by atoms with Gasteiger partial charge in [0.25, 0.3) is 0 Å². The molecular formula is C18H24N4O3. The first-order valence-corrected chi connectivity index (χ1v) is 9.02. The number of carbonyl (C=O) groups is 1. The maximum absolute atomic E-state index is 12.7. The van der Waals surface area contributed by atoms with E-state index in [0.717, 1.165) is 37.4 Å². The van der Waals surface area contributed by atoms with Crippen LogP contribution >= 0.6 is 0 Å². The Kier molecular flexibility index (Phi) is 3.89. The normalized spacial score (nSPS) is 25.8. The quantitative estimate of drug-likeness (QED) is 0.847. The van der Waals surface area contributed by atoms with Crippen LogP contribution in [0.1, 0.15) is 62.2 Å². The zero-order chi connectivity index (χ0) is 17.6. The van der Waals surface area contributed by atoms with Crippen LogP contribution in [-0.2, 0) is 16.6 Å². The molecule has 0 N–H and O–H groups in total. The molecule has 25 heavy (non-hydrogen) atoms. The molecular weight excluding hydrogens is 320 g/mol. The van der Waals surface area contributed by atoms with Crippen LogP contribution in [0.5, 0.6) is 0 Å². The number of fused-ring (bicyclic) bond motifs is 1. The Morgan fingerprint density at radius 2 is 2.24 bits per heavy atom. The summed E-state index contributed by atoms with van der Waals surface area (Å²) >= 11 is 0. The molecule has 1 saturated carbocycles. The van der Waals surface area contributed by atoms with Crippen molar-refractivity contribution in [1.29, 1.82) is 0 Å². The highest BCUT2D eigenvalue weighted by molar-refractivity contribution is 5.79. The van der Waals surface area contributed by atoms with Gasteiger partial charge in [0.1, 0.15) is 5.76 Å². The number of hydrogen-bond donors (Lipinski definition) is 0. The van der Waals surface area contributed by atoms with Crippen LogP contribution in [0.3, 0.4) is 0 Å². The maximum atomic E-state index is 12.7. The summed E-state index contributed by atoms with van der Waals surface area (Å²) in [5.41, 5.74) is 0.517. The zero-order valence-corrected chi connectivity index (χ0v) is 15.0. The summed E-state index contributed by atoms with van der Waals surface area (Å²) in [6.07, 6.45) is 3.53. The van der Waals surface area contributed by atoms with E-state index in [4.69, 9.17) is 9.05 Å². The lowest BCUT2D eigenvalue weighted by Crippen LogP contribution is -2.35. The first kappa shape index (κ1) is 16.3. The van der Waals surface area contributed by atoms with Crippen LogP contribution in [0.4, 0.5) is 0 Å². The van der Waals surface area contributed by atoms with Crippen LogP contribution in [0.25, 0.3) is 0 Å². The molecule has 0 spiro atoms. The Hall–Kier alpha value is -2.18. The molecule has 1 aliphatic heterocycles. The predicted octanol–water partition coefficient (Wildman–Crippen LogP) is 2.61. The molecule has 0 bridgehead atoms. The van der Waals surface area contributed by atoms with Gasteiger partial charge in [-0.3, -0.25) is 4.79 Å². The van der Waals surface area contributed by atoms with Gasteiger partial charge < -0.3 is 13.9 Å². The van der Waals surface area contributed by atoms with E-state index in [1.807, 2.05) is 17.9 Å². The molecule has 0 radical (unpaired) electrons. The lowest BCUT2D eigenvalue weighted by Gasteiger charge is -2.24. The molecule has 2 fully saturated rings. The minimum absolute atomic E-state index is 0.0886. The van der Waals surface area contributed by atoms with Gasteiger partial charge in [0.2, 0.25) is 11.8 Å². The lowest BCUT2D eigenvalue weighted by molar-refractivity contribution is -0.129. The van der Waals surface area contributed by atoms with Crippen molar-refractivity contribution in [2.24, 2.45) is 5.92 Å². The van der Waals surface area contributed by atoms with Gasteiger partial charge in [0.05, 0.1) is 17.5 Å². The lowest BCUT2D eigenvalue weighted by atomic mass is 9.80. The third-order valence-electron chi connectivity index (χ3n) is 5.62. The van der Waals surface area contributed by atoms with Gasteiger partial charge in [-0.15, -0.1) is 0 Å². The van der Waals surface area contributed by atoms with E-state index in [0.29, 0.717) is 24.0 Å². The van der Waals surface area contributed by atoms with Crippen molar-refractivity contribution in [3.63, 3.8) is 0 Å². The number of amides is 1. The summed E-state index contributed by atoms with van der Waals surface area (Å²) in [7, 11) is 0. The minimum atomic E-state index is -0.171.